The summed E-state index contributed by atoms with van der Waals surface area (Å²) < 4.78 is 35.4. The van der Waals surface area contributed by atoms with Crippen LogP contribution in [0.2, 0.25) is 0 Å². The molecule has 0 unspecified atom stereocenters. The highest BCUT2D eigenvalue weighted by molar-refractivity contribution is 7.89. The van der Waals surface area contributed by atoms with Crippen molar-refractivity contribution < 1.29 is 27.5 Å². The Bertz CT molecular complexity index is 1670. The zero-order valence-electron chi connectivity index (χ0n) is 23.6. The first kappa shape index (κ1) is 28.4. The van der Waals surface area contributed by atoms with E-state index in [1.165, 1.54) is 29.3 Å². The van der Waals surface area contributed by atoms with E-state index in [2.05, 4.69) is 25.6 Å². The summed E-state index contributed by atoms with van der Waals surface area (Å²) in [5.74, 6) is 0.195. The first-order chi connectivity index (χ1) is 20.0. The molecule has 0 bridgehead atoms. The van der Waals surface area contributed by atoms with Crippen LogP contribution in [0, 0.1) is 16.7 Å². The molecule has 0 aromatic heterocycles. The molecular formula is C34H35NO6S. The number of allylic oxidation sites excluding steroid dienone is 1. The molecule has 218 valence electrons. The van der Waals surface area contributed by atoms with Crippen molar-refractivity contribution in [2.24, 2.45) is 21.9 Å². The number of benzene rings is 3. The second-order valence-electron chi connectivity index (χ2n) is 12.1. The molecule has 8 heteroatoms. The Morgan fingerprint density at radius 1 is 0.929 bits per heavy atom. The van der Waals surface area contributed by atoms with Crippen LogP contribution in [0.1, 0.15) is 76.8 Å². The Balaban J connectivity index is 1.22. The Labute approximate surface area is 246 Å². The van der Waals surface area contributed by atoms with Gasteiger partial charge in [0.2, 0.25) is 10.0 Å². The second kappa shape index (κ2) is 10.5. The van der Waals surface area contributed by atoms with E-state index in [-0.39, 0.29) is 45.2 Å². The van der Waals surface area contributed by atoms with E-state index < -0.39 is 16.0 Å². The van der Waals surface area contributed by atoms with Gasteiger partial charge in [-0.05, 0) is 109 Å². The molecule has 3 aromatic carbocycles. The molecule has 3 aromatic rings. The molecule has 0 aliphatic heterocycles. The predicted molar refractivity (Wildman–Crippen MR) is 159 cm³/mol. The molecule has 0 spiro atoms. The van der Waals surface area contributed by atoms with Gasteiger partial charge >= 0.3 is 11.9 Å². The summed E-state index contributed by atoms with van der Waals surface area (Å²) in [6, 6.07) is 20.7. The van der Waals surface area contributed by atoms with Gasteiger partial charge in [-0.15, -0.1) is 6.58 Å². The monoisotopic (exact) mass is 585 g/mol. The maximum Gasteiger partial charge on any atom is 0.343 e. The standard InChI is InChI=1S/C34H35NO6S/c1-3-34-19-16-23-20-25(40-31(36)22-8-5-4-6-9-22)12-13-27(23)28(34)17-18-33(2)29(34)14-15-30(33)41-32(37)24-10-7-11-26(21-24)42(35,38)39/h3-13,20-21,28-30H,1,14-19H2,2H3,(H2,35,38,39)/t28-,29-,30+,33+,34-/m1/s1. The number of hydrogen-bond donors (Lipinski definition) is 1. The summed E-state index contributed by atoms with van der Waals surface area (Å²) in [6.07, 6.45) is 7.08. The van der Waals surface area contributed by atoms with E-state index in [9.17, 15) is 18.0 Å². The minimum atomic E-state index is -3.93. The SMILES string of the molecule is C=C[C@@]12CCc3cc(OC(=O)c4ccccc4)ccc3[C@H]1CC[C@]1(C)[C@@H](OC(=O)c3cccc(S(N)(=O)=O)c3)CC[C@H]12. The fourth-order valence-electron chi connectivity index (χ4n) is 8.05. The van der Waals surface area contributed by atoms with E-state index in [1.807, 2.05) is 30.3 Å². The van der Waals surface area contributed by atoms with Crippen molar-refractivity contribution in [1.82, 2.24) is 0 Å². The molecule has 0 radical (unpaired) electrons. The second-order valence-corrected chi connectivity index (χ2v) is 13.7. The van der Waals surface area contributed by atoms with Gasteiger partial charge in [0.15, 0.2) is 0 Å². The van der Waals surface area contributed by atoms with E-state index in [4.69, 9.17) is 14.6 Å². The smallest absolute Gasteiger partial charge is 0.343 e. The van der Waals surface area contributed by atoms with Gasteiger partial charge in [0.1, 0.15) is 11.9 Å². The number of aryl methyl sites for hydroxylation is 1. The van der Waals surface area contributed by atoms with Crippen molar-refractivity contribution >= 4 is 22.0 Å². The zero-order valence-corrected chi connectivity index (χ0v) is 24.4. The van der Waals surface area contributed by atoms with Gasteiger partial charge < -0.3 is 9.47 Å². The lowest BCUT2D eigenvalue weighted by atomic mass is 9.47. The lowest BCUT2D eigenvalue weighted by molar-refractivity contribution is -0.0641. The first-order valence-electron chi connectivity index (χ1n) is 14.4. The molecule has 7 nitrogen and oxygen atoms in total. The highest BCUT2D eigenvalue weighted by Gasteiger charge is 2.62. The fraction of sp³-hybridized carbons (Fsp3) is 0.353. The number of carbonyl (C=O) groups is 2. The van der Waals surface area contributed by atoms with E-state index >= 15 is 0 Å². The van der Waals surface area contributed by atoms with Crippen LogP contribution in [-0.2, 0) is 21.2 Å². The van der Waals surface area contributed by atoms with Crippen molar-refractivity contribution in [2.45, 2.75) is 62.4 Å². The molecule has 2 fully saturated rings. The largest absolute Gasteiger partial charge is 0.458 e. The van der Waals surface area contributed by atoms with E-state index in [0.29, 0.717) is 11.3 Å². The van der Waals surface area contributed by atoms with Crippen LogP contribution in [0.4, 0.5) is 0 Å². The number of primary sulfonamides is 1. The minimum Gasteiger partial charge on any atom is -0.458 e. The average molecular weight is 586 g/mol. The molecule has 2 saturated carbocycles. The molecule has 0 saturated heterocycles. The summed E-state index contributed by atoms with van der Waals surface area (Å²) in [4.78, 5) is 25.7. The van der Waals surface area contributed by atoms with Crippen LogP contribution in [-0.4, -0.2) is 26.5 Å². The van der Waals surface area contributed by atoms with Gasteiger partial charge in [0.05, 0.1) is 16.0 Å². The maximum absolute atomic E-state index is 13.2. The van der Waals surface area contributed by atoms with Gasteiger partial charge in [-0.25, -0.2) is 23.1 Å². The van der Waals surface area contributed by atoms with Crippen molar-refractivity contribution in [1.29, 1.82) is 0 Å². The lowest BCUT2D eigenvalue weighted by Crippen LogP contribution is -2.51. The van der Waals surface area contributed by atoms with E-state index in [0.717, 1.165) is 38.5 Å². The highest BCUT2D eigenvalue weighted by atomic mass is 32.2. The summed E-state index contributed by atoms with van der Waals surface area (Å²) in [7, 11) is -3.93. The third kappa shape index (κ3) is 4.76. The average Bonchev–Trinajstić information content (AvgIpc) is 3.33. The maximum atomic E-state index is 13.2. The van der Waals surface area contributed by atoms with Gasteiger partial charge in [-0.1, -0.05) is 43.3 Å². The highest BCUT2D eigenvalue weighted by Crippen LogP contribution is 2.68. The zero-order chi connectivity index (χ0) is 29.7. The van der Waals surface area contributed by atoms with Crippen molar-refractivity contribution in [3.05, 3.63) is 108 Å². The quantitative estimate of drug-likeness (QED) is 0.210. The number of hydrogen-bond acceptors (Lipinski definition) is 6. The fourth-order valence-corrected chi connectivity index (χ4v) is 8.61. The van der Waals surface area contributed by atoms with Crippen molar-refractivity contribution in [2.75, 3.05) is 0 Å². The van der Waals surface area contributed by atoms with Gasteiger partial charge in [0, 0.05) is 5.41 Å². The minimum absolute atomic E-state index is 0.113. The molecule has 5 atom stereocenters. The number of esters is 2. The van der Waals surface area contributed by atoms with Crippen LogP contribution in [0.25, 0.3) is 0 Å². The Kier molecular flexibility index (Phi) is 7.10. The van der Waals surface area contributed by atoms with Crippen LogP contribution >= 0.6 is 0 Å². The van der Waals surface area contributed by atoms with Gasteiger partial charge in [-0.3, -0.25) is 0 Å². The molecule has 0 heterocycles. The van der Waals surface area contributed by atoms with Crippen LogP contribution < -0.4 is 9.88 Å². The molecule has 42 heavy (non-hydrogen) atoms. The molecule has 0 amide bonds. The molecule has 2 N–H and O–H groups in total. The third-order valence-corrected chi connectivity index (χ3v) is 11.0. The van der Waals surface area contributed by atoms with Crippen molar-refractivity contribution in [3.8, 4) is 5.75 Å². The summed E-state index contributed by atoms with van der Waals surface area (Å²) in [6.45, 7) is 6.56. The summed E-state index contributed by atoms with van der Waals surface area (Å²) in [5, 5.41) is 5.27. The normalized spacial score (nSPS) is 28.1. The molecule has 3 aliphatic rings. The van der Waals surface area contributed by atoms with Gasteiger partial charge in [-0.2, -0.15) is 0 Å². The third-order valence-electron chi connectivity index (χ3n) is 10.1. The molecule has 6 rings (SSSR count). The number of ether oxygens (including phenoxy) is 2. The molecule has 3 aliphatic carbocycles. The number of nitrogens with two attached hydrogens (primary N) is 1. The van der Waals surface area contributed by atoms with Crippen LogP contribution in [0.5, 0.6) is 5.75 Å². The Hall–Kier alpha value is -3.75. The summed E-state index contributed by atoms with van der Waals surface area (Å²) >= 11 is 0. The topological polar surface area (TPSA) is 113 Å². The number of fused-ring (bicyclic) bond motifs is 5. The number of carbonyl (C=O) groups excluding carboxylic acids is 2. The van der Waals surface area contributed by atoms with Crippen LogP contribution in [0.15, 0.2) is 90.3 Å². The number of sulfonamides is 1. The van der Waals surface area contributed by atoms with Crippen LogP contribution in [0.3, 0.4) is 0 Å². The summed E-state index contributed by atoms with van der Waals surface area (Å²) in [5.41, 5.74) is 2.80. The lowest BCUT2D eigenvalue weighted by Gasteiger charge is -2.57. The van der Waals surface area contributed by atoms with Crippen molar-refractivity contribution in [3.63, 3.8) is 0 Å². The van der Waals surface area contributed by atoms with Gasteiger partial charge in [0.25, 0.3) is 0 Å². The Morgan fingerprint density at radius 3 is 2.43 bits per heavy atom. The predicted octanol–water partition coefficient (Wildman–Crippen LogP) is 6.19. The number of rotatable bonds is 6. The first-order valence-corrected chi connectivity index (χ1v) is 16.0. The molecular weight excluding hydrogens is 550 g/mol. The Morgan fingerprint density at radius 2 is 1.69 bits per heavy atom. The van der Waals surface area contributed by atoms with E-state index in [1.54, 1.807) is 18.2 Å².